The van der Waals surface area contributed by atoms with Crippen molar-refractivity contribution in [3.63, 3.8) is 0 Å². The number of nitrogens with one attached hydrogen (secondary N) is 1. The van der Waals surface area contributed by atoms with Crippen LogP contribution in [0, 0.1) is 0 Å². The van der Waals surface area contributed by atoms with Crippen molar-refractivity contribution in [2.45, 2.75) is 6.92 Å². The third-order valence-corrected chi connectivity index (χ3v) is 1.29. The van der Waals surface area contributed by atoms with Crippen LogP contribution in [0.2, 0.25) is 0 Å². The number of hydrogen-bond donors (Lipinski definition) is 1. The summed E-state index contributed by atoms with van der Waals surface area (Å²) in [6.45, 7) is 1.35. The summed E-state index contributed by atoms with van der Waals surface area (Å²) in [7, 11) is 0. The molecule has 0 atom stereocenters. The molecule has 0 saturated heterocycles. The highest BCUT2D eigenvalue weighted by atomic mass is 16.3. The van der Waals surface area contributed by atoms with E-state index in [1.54, 1.807) is 12.1 Å². The lowest BCUT2D eigenvalue weighted by atomic mass is 10.3. The molecule has 0 unspecified atom stereocenters. The Bertz CT molecular complexity index is 277. The molecule has 12 heavy (non-hydrogen) atoms. The molecule has 64 valence electrons. The minimum Gasteiger partial charge on any atom is -0.461 e. The van der Waals surface area contributed by atoms with Gasteiger partial charge in [-0.05, 0) is 12.1 Å². The Kier molecular flexibility index (Phi) is 2.63. The van der Waals surface area contributed by atoms with Crippen molar-refractivity contribution in [1.82, 2.24) is 5.32 Å². The number of furan rings is 1. The van der Waals surface area contributed by atoms with E-state index in [1.807, 2.05) is 0 Å². The van der Waals surface area contributed by atoms with Crippen LogP contribution in [0.25, 0.3) is 0 Å². The van der Waals surface area contributed by atoms with E-state index in [2.05, 4.69) is 5.32 Å². The summed E-state index contributed by atoms with van der Waals surface area (Å²) in [5, 5.41) is 2.39. The van der Waals surface area contributed by atoms with Gasteiger partial charge in [0.25, 0.3) is 0 Å². The molecule has 1 heterocycles. The van der Waals surface area contributed by atoms with E-state index in [-0.39, 0.29) is 24.0 Å². The SMILES string of the molecule is CC(=O)NCC(=O)c1ccco1. The van der Waals surface area contributed by atoms with Gasteiger partial charge in [-0.2, -0.15) is 0 Å². The molecule has 4 heteroatoms. The van der Waals surface area contributed by atoms with E-state index < -0.39 is 0 Å². The second kappa shape index (κ2) is 3.71. The molecular weight excluding hydrogens is 158 g/mol. The van der Waals surface area contributed by atoms with Crippen molar-refractivity contribution in [3.05, 3.63) is 24.2 Å². The van der Waals surface area contributed by atoms with Gasteiger partial charge in [-0.25, -0.2) is 0 Å². The van der Waals surface area contributed by atoms with E-state index in [1.165, 1.54) is 13.2 Å². The van der Waals surface area contributed by atoms with Gasteiger partial charge in [0.2, 0.25) is 11.7 Å². The number of ketones is 1. The van der Waals surface area contributed by atoms with Crippen molar-refractivity contribution in [2.24, 2.45) is 0 Å². The summed E-state index contributed by atoms with van der Waals surface area (Å²) in [4.78, 5) is 21.5. The maximum atomic E-state index is 11.1. The van der Waals surface area contributed by atoms with Crippen molar-refractivity contribution in [1.29, 1.82) is 0 Å². The lowest BCUT2D eigenvalue weighted by Crippen LogP contribution is -2.26. The van der Waals surface area contributed by atoms with Crippen LogP contribution in [-0.4, -0.2) is 18.2 Å². The Morgan fingerprint density at radius 1 is 1.58 bits per heavy atom. The first kappa shape index (κ1) is 8.52. The molecule has 0 radical (unpaired) electrons. The molecular formula is C8H9NO3. The topological polar surface area (TPSA) is 59.3 Å². The van der Waals surface area contributed by atoms with Crippen LogP contribution >= 0.6 is 0 Å². The molecule has 0 fully saturated rings. The van der Waals surface area contributed by atoms with Crippen LogP contribution in [0.15, 0.2) is 22.8 Å². The largest absolute Gasteiger partial charge is 0.461 e. The quantitative estimate of drug-likeness (QED) is 0.670. The minimum atomic E-state index is -0.227. The Morgan fingerprint density at radius 2 is 2.33 bits per heavy atom. The highest BCUT2D eigenvalue weighted by Crippen LogP contribution is 1.99. The van der Waals surface area contributed by atoms with E-state index in [4.69, 9.17) is 4.42 Å². The summed E-state index contributed by atoms with van der Waals surface area (Å²) in [6.07, 6.45) is 1.42. The number of carbonyl (C=O) groups is 2. The number of carbonyl (C=O) groups excluding carboxylic acids is 2. The summed E-state index contributed by atoms with van der Waals surface area (Å²) < 4.78 is 4.83. The fourth-order valence-corrected chi connectivity index (χ4v) is 0.729. The molecule has 1 aromatic heterocycles. The molecule has 1 rings (SSSR count). The van der Waals surface area contributed by atoms with Crippen LogP contribution in [0.3, 0.4) is 0 Å². The normalized spacial score (nSPS) is 9.42. The van der Waals surface area contributed by atoms with Crippen LogP contribution in [-0.2, 0) is 4.79 Å². The molecule has 1 amide bonds. The summed E-state index contributed by atoms with van der Waals surface area (Å²) in [6, 6.07) is 3.19. The monoisotopic (exact) mass is 167 g/mol. The molecule has 4 nitrogen and oxygen atoms in total. The minimum absolute atomic E-state index is 0.0111. The van der Waals surface area contributed by atoms with Gasteiger partial charge < -0.3 is 9.73 Å². The average molecular weight is 167 g/mol. The lowest BCUT2D eigenvalue weighted by Gasteiger charge is -1.97. The van der Waals surface area contributed by atoms with Crippen LogP contribution in [0.5, 0.6) is 0 Å². The second-order valence-electron chi connectivity index (χ2n) is 2.31. The molecule has 1 N–H and O–H groups in total. The van der Waals surface area contributed by atoms with Crippen LogP contribution < -0.4 is 5.32 Å². The predicted octanol–water partition coefficient (Wildman–Crippen LogP) is 0.598. The Morgan fingerprint density at radius 3 is 2.83 bits per heavy atom. The Labute approximate surface area is 69.6 Å². The smallest absolute Gasteiger partial charge is 0.217 e. The third-order valence-electron chi connectivity index (χ3n) is 1.29. The number of Topliss-reactive ketones (excluding diaryl/α,β-unsaturated/α-hetero) is 1. The molecule has 0 aliphatic heterocycles. The Balaban J connectivity index is 2.45. The molecule has 0 saturated carbocycles. The van der Waals surface area contributed by atoms with Gasteiger partial charge in [0, 0.05) is 6.92 Å². The first-order chi connectivity index (χ1) is 5.70. The van der Waals surface area contributed by atoms with Gasteiger partial charge in [0.05, 0.1) is 12.8 Å². The summed E-state index contributed by atoms with van der Waals surface area (Å²) in [5.41, 5.74) is 0. The molecule has 0 bridgehead atoms. The van der Waals surface area contributed by atoms with E-state index in [9.17, 15) is 9.59 Å². The number of rotatable bonds is 3. The highest BCUT2D eigenvalue weighted by Gasteiger charge is 2.07. The molecule has 0 aliphatic carbocycles. The zero-order valence-corrected chi connectivity index (χ0v) is 6.66. The molecule has 0 aromatic carbocycles. The lowest BCUT2D eigenvalue weighted by molar-refractivity contribution is -0.118. The maximum absolute atomic E-state index is 11.1. The van der Waals surface area contributed by atoms with Gasteiger partial charge in [-0.15, -0.1) is 0 Å². The van der Waals surface area contributed by atoms with Crippen LogP contribution in [0.4, 0.5) is 0 Å². The van der Waals surface area contributed by atoms with Gasteiger partial charge in [-0.1, -0.05) is 0 Å². The van der Waals surface area contributed by atoms with Gasteiger partial charge in [-0.3, -0.25) is 9.59 Å². The Hall–Kier alpha value is -1.58. The standard InChI is InChI=1S/C8H9NO3/c1-6(10)9-5-7(11)8-3-2-4-12-8/h2-4H,5H2,1H3,(H,9,10). The first-order valence-corrected chi connectivity index (χ1v) is 3.51. The zero-order chi connectivity index (χ0) is 8.97. The molecule has 0 aliphatic rings. The fourth-order valence-electron chi connectivity index (χ4n) is 0.729. The first-order valence-electron chi connectivity index (χ1n) is 3.51. The van der Waals surface area contributed by atoms with Crippen LogP contribution in [0.1, 0.15) is 17.5 Å². The van der Waals surface area contributed by atoms with Crippen molar-refractivity contribution >= 4 is 11.7 Å². The van der Waals surface area contributed by atoms with Gasteiger partial charge >= 0.3 is 0 Å². The predicted molar refractivity (Wildman–Crippen MR) is 41.7 cm³/mol. The number of hydrogen-bond acceptors (Lipinski definition) is 3. The van der Waals surface area contributed by atoms with E-state index in [0.717, 1.165) is 0 Å². The van der Waals surface area contributed by atoms with E-state index >= 15 is 0 Å². The fraction of sp³-hybridized carbons (Fsp3) is 0.250. The average Bonchev–Trinajstić information content (AvgIpc) is 2.51. The van der Waals surface area contributed by atoms with Crippen molar-refractivity contribution in [2.75, 3.05) is 6.54 Å². The third kappa shape index (κ3) is 2.23. The molecule has 1 aromatic rings. The van der Waals surface area contributed by atoms with Gasteiger partial charge in [0.1, 0.15) is 0 Å². The highest BCUT2D eigenvalue weighted by molar-refractivity contribution is 5.96. The maximum Gasteiger partial charge on any atom is 0.217 e. The zero-order valence-electron chi connectivity index (χ0n) is 6.66. The molecule has 0 spiro atoms. The summed E-state index contributed by atoms with van der Waals surface area (Å²) in [5.74, 6) is -0.186. The van der Waals surface area contributed by atoms with Crippen molar-refractivity contribution < 1.29 is 14.0 Å². The van der Waals surface area contributed by atoms with E-state index in [0.29, 0.717) is 0 Å². The van der Waals surface area contributed by atoms with Gasteiger partial charge in [0.15, 0.2) is 5.76 Å². The summed E-state index contributed by atoms with van der Waals surface area (Å²) >= 11 is 0. The number of amides is 1. The van der Waals surface area contributed by atoms with Crippen molar-refractivity contribution in [3.8, 4) is 0 Å². The second-order valence-corrected chi connectivity index (χ2v) is 2.31.